The van der Waals surface area contributed by atoms with Gasteiger partial charge in [0, 0.05) is 6.92 Å². The molecular weight excluding hydrogens is 204 g/mol. The van der Waals surface area contributed by atoms with Crippen molar-refractivity contribution in [3.05, 3.63) is 12.2 Å². The van der Waals surface area contributed by atoms with Crippen LogP contribution >= 0.6 is 0 Å². The third-order valence-corrected chi connectivity index (χ3v) is 1.31. The monoisotopic (exact) mass is 218 g/mol. The predicted molar refractivity (Wildman–Crippen MR) is 50.4 cm³/mol. The maximum Gasteiger partial charge on any atom is 0.511 e. The number of rotatable bonds is 4. The second-order valence-corrected chi connectivity index (χ2v) is 2.67. The van der Waals surface area contributed by atoms with Crippen molar-refractivity contribution in [3.8, 4) is 0 Å². The molecule has 0 aromatic carbocycles. The van der Waals surface area contributed by atoms with Crippen molar-refractivity contribution < 1.29 is 28.9 Å². The number of carboxylic acid groups (broad SMARTS) is 1. The Morgan fingerprint density at radius 1 is 1.40 bits per heavy atom. The summed E-state index contributed by atoms with van der Waals surface area (Å²) in [5.74, 6) is -1.66. The molecule has 0 spiro atoms. The van der Waals surface area contributed by atoms with Crippen LogP contribution in [0.15, 0.2) is 12.2 Å². The van der Waals surface area contributed by atoms with Crippen LogP contribution in [0.3, 0.4) is 0 Å². The van der Waals surface area contributed by atoms with Crippen LogP contribution in [0, 0.1) is 0 Å². The smallest absolute Gasteiger partial charge is 0.450 e. The quantitative estimate of drug-likeness (QED) is 0.442. The number of carbonyl (C=O) groups is 2. The van der Waals surface area contributed by atoms with E-state index >= 15 is 0 Å². The standard InChI is InChI=1S/C9H14O6/c1-4-6-9(3,14-7(10)11)15-8(12)13-5-2/h4,6H,5H2,1-3H3,(H,10,11)/b6-4+. The molecule has 0 amide bonds. The zero-order valence-electron chi connectivity index (χ0n) is 8.85. The van der Waals surface area contributed by atoms with Crippen molar-refractivity contribution in [2.75, 3.05) is 6.61 Å². The highest BCUT2D eigenvalue weighted by molar-refractivity contribution is 5.62. The van der Waals surface area contributed by atoms with Gasteiger partial charge in [-0.3, -0.25) is 0 Å². The Hall–Kier alpha value is -1.72. The average molecular weight is 218 g/mol. The van der Waals surface area contributed by atoms with Crippen LogP contribution in [0.25, 0.3) is 0 Å². The Labute approximate surface area is 87.4 Å². The highest BCUT2D eigenvalue weighted by Crippen LogP contribution is 2.16. The molecule has 0 bridgehead atoms. The molecule has 0 rings (SSSR count). The molecule has 1 unspecified atom stereocenters. The van der Waals surface area contributed by atoms with Crippen LogP contribution in [0.4, 0.5) is 9.59 Å². The maximum atomic E-state index is 11.0. The van der Waals surface area contributed by atoms with Crippen molar-refractivity contribution in [3.63, 3.8) is 0 Å². The van der Waals surface area contributed by atoms with Crippen molar-refractivity contribution in [2.45, 2.75) is 26.6 Å². The highest BCUT2D eigenvalue weighted by Gasteiger charge is 2.30. The molecule has 0 aromatic rings. The molecule has 6 heteroatoms. The first-order valence-electron chi connectivity index (χ1n) is 4.35. The fourth-order valence-electron chi connectivity index (χ4n) is 0.878. The summed E-state index contributed by atoms with van der Waals surface area (Å²) in [6.07, 6.45) is 0.263. The normalized spacial score (nSPS) is 14.3. The summed E-state index contributed by atoms with van der Waals surface area (Å²) in [5, 5.41) is 8.43. The van der Waals surface area contributed by atoms with Gasteiger partial charge in [-0.05, 0) is 19.9 Å². The van der Waals surface area contributed by atoms with Gasteiger partial charge in [0.25, 0.3) is 5.79 Å². The molecule has 0 fully saturated rings. The van der Waals surface area contributed by atoms with Gasteiger partial charge in [0.2, 0.25) is 0 Å². The van der Waals surface area contributed by atoms with Gasteiger partial charge in [-0.1, -0.05) is 6.08 Å². The minimum Gasteiger partial charge on any atom is -0.450 e. The Morgan fingerprint density at radius 2 is 2.00 bits per heavy atom. The van der Waals surface area contributed by atoms with Gasteiger partial charge < -0.3 is 19.3 Å². The third kappa shape index (κ3) is 5.56. The zero-order chi connectivity index (χ0) is 11.9. The van der Waals surface area contributed by atoms with Gasteiger partial charge in [0.05, 0.1) is 6.61 Å². The van der Waals surface area contributed by atoms with E-state index in [0.717, 1.165) is 0 Å². The van der Waals surface area contributed by atoms with Crippen LogP contribution in [-0.2, 0) is 14.2 Å². The second-order valence-electron chi connectivity index (χ2n) is 2.67. The van der Waals surface area contributed by atoms with Crippen molar-refractivity contribution in [1.82, 2.24) is 0 Å². The first-order chi connectivity index (χ1) is 6.93. The lowest BCUT2D eigenvalue weighted by Crippen LogP contribution is -2.35. The van der Waals surface area contributed by atoms with Gasteiger partial charge in [-0.25, -0.2) is 9.59 Å². The molecule has 0 aliphatic rings. The predicted octanol–water partition coefficient (Wildman–Crippen LogP) is 2.15. The number of carbonyl (C=O) groups excluding carboxylic acids is 1. The molecule has 0 saturated carbocycles. The lowest BCUT2D eigenvalue weighted by molar-refractivity contribution is -0.141. The molecule has 0 saturated heterocycles. The first kappa shape index (κ1) is 13.3. The Balaban J connectivity index is 4.50. The summed E-state index contributed by atoms with van der Waals surface area (Å²) < 4.78 is 13.6. The summed E-state index contributed by atoms with van der Waals surface area (Å²) in [4.78, 5) is 21.3. The summed E-state index contributed by atoms with van der Waals surface area (Å²) in [5.41, 5.74) is 0. The van der Waals surface area contributed by atoms with Crippen molar-refractivity contribution in [1.29, 1.82) is 0 Å². The summed E-state index contributed by atoms with van der Waals surface area (Å²) in [7, 11) is 0. The van der Waals surface area contributed by atoms with Crippen LogP contribution in [-0.4, -0.2) is 29.8 Å². The lowest BCUT2D eigenvalue weighted by atomic mass is 10.3. The molecule has 0 aromatic heterocycles. The fraction of sp³-hybridized carbons (Fsp3) is 0.556. The second kappa shape index (κ2) is 5.90. The summed E-state index contributed by atoms with van der Waals surface area (Å²) in [6, 6.07) is 0. The van der Waals surface area contributed by atoms with E-state index in [0.29, 0.717) is 0 Å². The van der Waals surface area contributed by atoms with E-state index in [1.165, 1.54) is 19.1 Å². The van der Waals surface area contributed by atoms with Crippen LogP contribution in [0.5, 0.6) is 0 Å². The topological polar surface area (TPSA) is 82.1 Å². The maximum absolute atomic E-state index is 11.0. The molecule has 86 valence electrons. The van der Waals surface area contributed by atoms with Crippen LogP contribution in [0.2, 0.25) is 0 Å². The van der Waals surface area contributed by atoms with E-state index in [1.54, 1.807) is 13.8 Å². The summed E-state index contributed by atoms with van der Waals surface area (Å²) in [6.45, 7) is 4.67. The van der Waals surface area contributed by atoms with E-state index < -0.39 is 18.1 Å². The van der Waals surface area contributed by atoms with E-state index in [9.17, 15) is 9.59 Å². The SMILES string of the molecule is C/C=C/C(C)(OC(=O)O)OC(=O)OCC. The molecule has 15 heavy (non-hydrogen) atoms. The number of allylic oxidation sites excluding steroid dienone is 1. The number of hydrogen-bond acceptors (Lipinski definition) is 5. The zero-order valence-corrected chi connectivity index (χ0v) is 8.85. The fourth-order valence-corrected chi connectivity index (χ4v) is 0.878. The Bertz CT molecular complexity index is 259. The molecule has 0 aliphatic carbocycles. The number of ether oxygens (including phenoxy) is 3. The van der Waals surface area contributed by atoms with Crippen molar-refractivity contribution in [2.24, 2.45) is 0 Å². The summed E-state index contributed by atoms with van der Waals surface area (Å²) >= 11 is 0. The van der Waals surface area contributed by atoms with E-state index in [1.807, 2.05) is 0 Å². The van der Waals surface area contributed by atoms with Gasteiger partial charge in [-0.2, -0.15) is 0 Å². The molecule has 1 N–H and O–H groups in total. The Morgan fingerprint density at radius 3 is 2.40 bits per heavy atom. The van der Waals surface area contributed by atoms with E-state index in [-0.39, 0.29) is 6.61 Å². The largest absolute Gasteiger partial charge is 0.511 e. The lowest BCUT2D eigenvalue weighted by Gasteiger charge is -2.23. The van der Waals surface area contributed by atoms with Crippen molar-refractivity contribution >= 4 is 12.3 Å². The van der Waals surface area contributed by atoms with E-state index in [4.69, 9.17) is 5.11 Å². The molecule has 0 aliphatic heterocycles. The molecule has 0 radical (unpaired) electrons. The van der Waals surface area contributed by atoms with Gasteiger partial charge in [-0.15, -0.1) is 0 Å². The minimum atomic E-state index is -1.66. The number of hydrogen-bond donors (Lipinski definition) is 1. The Kier molecular flexibility index (Phi) is 5.22. The molecule has 0 heterocycles. The van der Waals surface area contributed by atoms with Crippen LogP contribution in [0.1, 0.15) is 20.8 Å². The first-order valence-corrected chi connectivity index (χ1v) is 4.35. The minimum absolute atomic E-state index is 0.137. The average Bonchev–Trinajstić information content (AvgIpc) is 2.01. The third-order valence-electron chi connectivity index (χ3n) is 1.31. The van der Waals surface area contributed by atoms with Gasteiger partial charge >= 0.3 is 12.3 Å². The van der Waals surface area contributed by atoms with Gasteiger partial charge in [0.1, 0.15) is 0 Å². The van der Waals surface area contributed by atoms with Gasteiger partial charge in [0.15, 0.2) is 0 Å². The highest BCUT2D eigenvalue weighted by atomic mass is 16.8. The molecular formula is C9H14O6. The van der Waals surface area contributed by atoms with Crippen LogP contribution < -0.4 is 0 Å². The molecule has 1 atom stereocenters. The molecule has 6 nitrogen and oxygen atoms in total. The van der Waals surface area contributed by atoms with E-state index in [2.05, 4.69) is 14.2 Å².